The van der Waals surface area contributed by atoms with Gasteiger partial charge >= 0.3 is 0 Å². The van der Waals surface area contributed by atoms with Crippen molar-refractivity contribution in [2.24, 2.45) is 11.8 Å². The normalized spacial score (nSPS) is 22.5. The van der Waals surface area contributed by atoms with Crippen molar-refractivity contribution in [1.82, 2.24) is 4.90 Å². The molecule has 0 saturated heterocycles. The molecule has 0 amide bonds. The number of aliphatic hydroxyl groups excluding tert-OH is 1. The molecule has 0 aromatic carbocycles. The first kappa shape index (κ1) is 14.5. The molecule has 100 valence electrons. The SMILES string of the molecule is CC(C)C[C@@H](CO)N1C=[N+](C)[C@@H](CC(C)C)C1. The van der Waals surface area contributed by atoms with Gasteiger partial charge in [0, 0.05) is 0 Å². The molecular weight excluding hydrogens is 212 g/mol. The van der Waals surface area contributed by atoms with E-state index in [9.17, 15) is 5.11 Å². The van der Waals surface area contributed by atoms with E-state index in [0.29, 0.717) is 12.0 Å². The largest absolute Gasteiger partial charge is 0.392 e. The second-order valence-corrected chi connectivity index (χ2v) is 6.23. The van der Waals surface area contributed by atoms with Gasteiger partial charge in [-0.05, 0) is 24.7 Å². The van der Waals surface area contributed by atoms with Crippen LogP contribution in [-0.4, -0.2) is 53.2 Å². The van der Waals surface area contributed by atoms with Crippen molar-refractivity contribution in [3.8, 4) is 0 Å². The maximum atomic E-state index is 9.51. The zero-order valence-corrected chi connectivity index (χ0v) is 12.1. The lowest BCUT2D eigenvalue weighted by atomic mass is 10.0. The average molecular weight is 241 g/mol. The van der Waals surface area contributed by atoms with E-state index in [0.717, 1.165) is 18.9 Å². The summed E-state index contributed by atoms with van der Waals surface area (Å²) in [5.41, 5.74) is 0. The lowest BCUT2D eigenvalue weighted by molar-refractivity contribution is -0.524. The summed E-state index contributed by atoms with van der Waals surface area (Å²) >= 11 is 0. The Morgan fingerprint density at radius 1 is 1.29 bits per heavy atom. The van der Waals surface area contributed by atoms with E-state index < -0.39 is 0 Å². The van der Waals surface area contributed by atoms with Crippen LogP contribution in [0.15, 0.2) is 0 Å². The summed E-state index contributed by atoms with van der Waals surface area (Å²) in [7, 11) is 2.15. The van der Waals surface area contributed by atoms with Crippen LogP contribution in [0, 0.1) is 11.8 Å². The summed E-state index contributed by atoms with van der Waals surface area (Å²) in [6.07, 6.45) is 4.48. The van der Waals surface area contributed by atoms with Crippen molar-refractivity contribution < 1.29 is 9.68 Å². The predicted octanol–water partition coefficient (Wildman–Crippen LogP) is 1.79. The van der Waals surface area contributed by atoms with Crippen LogP contribution >= 0.6 is 0 Å². The second kappa shape index (κ2) is 6.39. The van der Waals surface area contributed by atoms with Crippen LogP contribution in [0.3, 0.4) is 0 Å². The molecule has 0 aromatic heterocycles. The zero-order chi connectivity index (χ0) is 13.0. The highest BCUT2D eigenvalue weighted by molar-refractivity contribution is 5.51. The van der Waals surface area contributed by atoms with E-state index in [4.69, 9.17) is 0 Å². The van der Waals surface area contributed by atoms with Crippen molar-refractivity contribution in [2.45, 2.75) is 52.6 Å². The van der Waals surface area contributed by atoms with E-state index in [1.807, 2.05) is 0 Å². The van der Waals surface area contributed by atoms with Crippen molar-refractivity contribution >= 4 is 6.34 Å². The van der Waals surface area contributed by atoms with E-state index in [1.54, 1.807) is 0 Å². The second-order valence-electron chi connectivity index (χ2n) is 6.23. The van der Waals surface area contributed by atoms with Crippen molar-refractivity contribution in [3.05, 3.63) is 0 Å². The Hall–Kier alpha value is -0.570. The minimum atomic E-state index is 0.261. The van der Waals surface area contributed by atoms with Gasteiger partial charge in [0.1, 0.15) is 18.6 Å². The Bertz CT molecular complexity index is 261. The van der Waals surface area contributed by atoms with Crippen LogP contribution in [0.25, 0.3) is 0 Å². The maximum absolute atomic E-state index is 9.51. The molecule has 0 spiro atoms. The van der Waals surface area contributed by atoms with Gasteiger partial charge in [0.15, 0.2) is 0 Å². The number of hydrogen-bond donors (Lipinski definition) is 1. The molecule has 0 aliphatic carbocycles. The first-order chi connectivity index (χ1) is 7.93. The number of rotatable bonds is 6. The van der Waals surface area contributed by atoms with Crippen LogP contribution in [-0.2, 0) is 0 Å². The Kier molecular flexibility index (Phi) is 5.44. The molecular formula is C14H29N2O+. The van der Waals surface area contributed by atoms with Crippen LogP contribution in [0.2, 0.25) is 0 Å². The van der Waals surface area contributed by atoms with Crippen LogP contribution in [0.1, 0.15) is 40.5 Å². The van der Waals surface area contributed by atoms with Crippen LogP contribution < -0.4 is 0 Å². The minimum Gasteiger partial charge on any atom is -0.392 e. The lowest BCUT2D eigenvalue weighted by Gasteiger charge is -2.21. The number of aliphatic hydroxyl groups is 1. The molecule has 0 saturated carbocycles. The van der Waals surface area contributed by atoms with E-state index in [1.165, 1.54) is 6.42 Å². The summed E-state index contributed by atoms with van der Waals surface area (Å²) in [6.45, 7) is 10.3. The monoisotopic (exact) mass is 241 g/mol. The number of nitrogens with zero attached hydrogens (tertiary/aromatic N) is 2. The van der Waals surface area contributed by atoms with Crippen LogP contribution in [0.5, 0.6) is 0 Å². The molecule has 2 atom stereocenters. The number of likely N-dealkylation sites (N-methyl/N-ethyl adjacent to an activating group) is 1. The molecule has 17 heavy (non-hydrogen) atoms. The highest BCUT2D eigenvalue weighted by Gasteiger charge is 2.33. The molecule has 1 aliphatic heterocycles. The first-order valence-electron chi connectivity index (χ1n) is 6.87. The van der Waals surface area contributed by atoms with Gasteiger partial charge in [0.25, 0.3) is 0 Å². The van der Waals surface area contributed by atoms with Gasteiger partial charge < -0.3 is 5.11 Å². The van der Waals surface area contributed by atoms with Gasteiger partial charge in [0.05, 0.1) is 13.7 Å². The summed E-state index contributed by atoms with van der Waals surface area (Å²) in [6, 6.07) is 0.894. The third-order valence-electron chi connectivity index (χ3n) is 3.49. The molecule has 1 aliphatic rings. The van der Waals surface area contributed by atoms with Gasteiger partial charge in [-0.3, -0.25) is 9.48 Å². The van der Waals surface area contributed by atoms with Gasteiger partial charge in [0.2, 0.25) is 6.34 Å². The smallest absolute Gasteiger partial charge is 0.234 e. The lowest BCUT2D eigenvalue weighted by Crippen LogP contribution is -2.38. The third-order valence-corrected chi connectivity index (χ3v) is 3.49. The fourth-order valence-corrected chi connectivity index (χ4v) is 2.63. The first-order valence-corrected chi connectivity index (χ1v) is 6.87. The van der Waals surface area contributed by atoms with E-state index in [2.05, 4.69) is 50.6 Å². The number of hydrogen-bond acceptors (Lipinski definition) is 2. The molecule has 0 unspecified atom stereocenters. The summed E-state index contributed by atoms with van der Waals surface area (Å²) in [5.74, 6) is 1.36. The molecule has 0 fully saturated rings. The summed E-state index contributed by atoms with van der Waals surface area (Å²) in [4.78, 5) is 2.33. The van der Waals surface area contributed by atoms with Crippen molar-refractivity contribution in [3.63, 3.8) is 0 Å². The summed E-state index contributed by atoms with van der Waals surface area (Å²) < 4.78 is 2.31. The zero-order valence-electron chi connectivity index (χ0n) is 12.1. The van der Waals surface area contributed by atoms with Gasteiger partial charge in [-0.25, -0.2) is 0 Å². The molecule has 1 heterocycles. The quantitative estimate of drug-likeness (QED) is 0.718. The van der Waals surface area contributed by atoms with Gasteiger partial charge in [-0.1, -0.05) is 27.7 Å². The fraction of sp³-hybridized carbons (Fsp3) is 0.929. The van der Waals surface area contributed by atoms with Gasteiger partial charge in [-0.2, -0.15) is 0 Å². The highest BCUT2D eigenvalue weighted by atomic mass is 16.3. The van der Waals surface area contributed by atoms with Gasteiger partial charge in [-0.15, -0.1) is 0 Å². The van der Waals surface area contributed by atoms with E-state index in [-0.39, 0.29) is 12.6 Å². The van der Waals surface area contributed by atoms with E-state index >= 15 is 0 Å². The fourth-order valence-electron chi connectivity index (χ4n) is 2.63. The Labute approximate surface area is 106 Å². The Balaban J connectivity index is 2.57. The van der Waals surface area contributed by atoms with Crippen molar-refractivity contribution in [1.29, 1.82) is 0 Å². The maximum Gasteiger partial charge on any atom is 0.234 e. The molecule has 1 N–H and O–H groups in total. The Morgan fingerprint density at radius 3 is 2.41 bits per heavy atom. The van der Waals surface area contributed by atoms with Crippen molar-refractivity contribution in [2.75, 3.05) is 20.2 Å². The minimum absolute atomic E-state index is 0.261. The highest BCUT2D eigenvalue weighted by Crippen LogP contribution is 2.17. The topological polar surface area (TPSA) is 26.5 Å². The van der Waals surface area contributed by atoms with Crippen LogP contribution in [0.4, 0.5) is 0 Å². The molecule has 0 aromatic rings. The predicted molar refractivity (Wildman–Crippen MR) is 72.5 cm³/mol. The third kappa shape index (κ3) is 4.30. The molecule has 0 radical (unpaired) electrons. The summed E-state index contributed by atoms with van der Waals surface area (Å²) in [5, 5.41) is 9.51. The Morgan fingerprint density at radius 2 is 1.94 bits per heavy atom. The molecule has 0 bridgehead atoms. The standard InChI is InChI=1S/C14H29N2O/c1-11(2)6-13-8-16(10-15(13)5)14(9-17)7-12(3)4/h10-14,17H,6-9H2,1-5H3/q+1/t13-,14-/m0/s1. The average Bonchev–Trinajstić information content (AvgIpc) is 2.55. The molecule has 3 nitrogen and oxygen atoms in total. The molecule has 3 heteroatoms. The molecule has 1 rings (SSSR count).